The molecule has 0 spiro atoms. The zero-order valence-electron chi connectivity index (χ0n) is 13.0. The third kappa shape index (κ3) is 7.09. The van der Waals surface area contributed by atoms with Gasteiger partial charge in [-0.1, -0.05) is 32.1 Å². The molecule has 0 atom stereocenters. The molecule has 0 aromatic heterocycles. The standard InChI is InChI=1S/C17H29NOS/c1-18(16-10-12-17(19-2)13-11-16)14-8-6-4-3-5-7-9-15-20/h10-13,20H,3-9,14-15H2,1-2H3. The van der Waals surface area contributed by atoms with Crippen LogP contribution >= 0.6 is 12.6 Å². The van der Waals surface area contributed by atoms with E-state index in [1.54, 1.807) is 7.11 Å². The molecule has 20 heavy (non-hydrogen) atoms. The van der Waals surface area contributed by atoms with E-state index in [1.807, 2.05) is 12.1 Å². The predicted molar refractivity (Wildman–Crippen MR) is 92.4 cm³/mol. The molecular formula is C17H29NOS. The number of rotatable bonds is 11. The topological polar surface area (TPSA) is 12.5 Å². The fourth-order valence-corrected chi connectivity index (χ4v) is 2.53. The van der Waals surface area contributed by atoms with Gasteiger partial charge in [0.2, 0.25) is 0 Å². The van der Waals surface area contributed by atoms with Gasteiger partial charge in [-0.25, -0.2) is 0 Å². The highest BCUT2D eigenvalue weighted by atomic mass is 32.1. The first-order valence-corrected chi connectivity index (χ1v) is 8.37. The smallest absolute Gasteiger partial charge is 0.119 e. The average Bonchev–Trinajstić information content (AvgIpc) is 2.50. The minimum absolute atomic E-state index is 0.920. The highest BCUT2D eigenvalue weighted by Crippen LogP contribution is 2.18. The van der Waals surface area contributed by atoms with Crippen LogP contribution in [0.3, 0.4) is 0 Å². The van der Waals surface area contributed by atoms with Crippen molar-refractivity contribution in [2.45, 2.75) is 44.9 Å². The zero-order chi connectivity index (χ0) is 14.6. The molecule has 0 bridgehead atoms. The van der Waals surface area contributed by atoms with Crippen LogP contribution in [0.1, 0.15) is 44.9 Å². The number of hydrogen-bond donors (Lipinski definition) is 1. The van der Waals surface area contributed by atoms with Crippen molar-refractivity contribution < 1.29 is 4.74 Å². The van der Waals surface area contributed by atoms with Crippen LogP contribution in [-0.4, -0.2) is 26.5 Å². The van der Waals surface area contributed by atoms with E-state index >= 15 is 0 Å². The molecule has 0 aliphatic rings. The average molecular weight is 295 g/mol. The highest BCUT2D eigenvalue weighted by Gasteiger charge is 2.01. The van der Waals surface area contributed by atoms with E-state index in [0.717, 1.165) is 18.0 Å². The van der Waals surface area contributed by atoms with E-state index < -0.39 is 0 Å². The summed E-state index contributed by atoms with van der Waals surface area (Å²) in [5, 5.41) is 0. The molecule has 0 fully saturated rings. The molecule has 3 heteroatoms. The van der Waals surface area contributed by atoms with Gasteiger partial charge in [0, 0.05) is 19.3 Å². The third-order valence-electron chi connectivity index (χ3n) is 3.66. The molecule has 0 aliphatic carbocycles. The van der Waals surface area contributed by atoms with Gasteiger partial charge in [0.15, 0.2) is 0 Å². The number of thiol groups is 1. The summed E-state index contributed by atoms with van der Waals surface area (Å²) in [5.41, 5.74) is 1.26. The Balaban J connectivity index is 2.08. The largest absolute Gasteiger partial charge is 0.497 e. The van der Waals surface area contributed by atoms with Crippen LogP contribution in [0.15, 0.2) is 24.3 Å². The Hall–Kier alpha value is -0.830. The van der Waals surface area contributed by atoms with Crippen LogP contribution in [0.5, 0.6) is 5.75 Å². The lowest BCUT2D eigenvalue weighted by Crippen LogP contribution is -2.18. The van der Waals surface area contributed by atoms with E-state index in [9.17, 15) is 0 Å². The maximum atomic E-state index is 5.18. The van der Waals surface area contributed by atoms with Gasteiger partial charge in [-0.3, -0.25) is 0 Å². The van der Waals surface area contributed by atoms with Gasteiger partial charge in [0.1, 0.15) is 5.75 Å². The van der Waals surface area contributed by atoms with Crippen molar-refractivity contribution in [2.24, 2.45) is 0 Å². The van der Waals surface area contributed by atoms with Crippen molar-refractivity contribution >= 4 is 18.3 Å². The van der Waals surface area contributed by atoms with Crippen molar-refractivity contribution in [1.29, 1.82) is 0 Å². The number of nitrogens with zero attached hydrogens (tertiary/aromatic N) is 1. The highest BCUT2D eigenvalue weighted by molar-refractivity contribution is 7.80. The molecule has 0 aliphatic heterocycles. The molecule has 1 aromatic carbocycles. The number of methoxy groups -OCH3 is 1. The van der Waals surface area contributed by atoms with Gasteiger partial charge in [0.25, 0.3) is 0 Å². The van der Waals surface area contributed by atoms with Crippen molar-refractivity contribution in [2.75, 3.05) is 31.4 Å². The number of anilines is 1. The summed E-state index contributed by atoms with van der Waals surface area (Å²) in [5.74, 6) is 1.95. The minimum atomic E-state index is 0.920. The normalized spacial score (nSPS) is 10.6. The number of benzene rings is 1. The Morgan fingerprint density at radius 3 is 2.00 bits per heavy atom. The predicted octanol–water partition coefficient (Wildman–Crippen LogP) is 4.79. The summed E-state index contributed by atoms with van der Waals surface area (Å²) < 4.78 is 5.18. The number of ether oxygens (including phenoxy) is 1. The lowest BCUT2D eigenvalue weighted by molar-refractivity contribution is 0.415. The molecule has 0 heterocycles. The van der Waals surface area contributed by atoms with Crippen LogP contribution in [0, 0.1) is 0 Å². The van der Waals surface area contributed by atoms with E-state index in [4.69, 9.17) is 4.74 Å². The quantitative estimate of drug-likeness (QED) is 0.465. The molecular weight excluding hydrogens is 266 g/mol. The molecule has 0 unspecified atom stereocenters. The number of hydrogen-bond acceptors (Lipinski definition) is 3. The Labute approximate surface area is 129 Å². The molecule has 0 amide bonds. The molecule has 1 aromatic rings. The number of unbranched alkanes of at least 4 members (excludes halogenated alkanes) is 6. The van der Waals surface area contributed by atoms with E-state index in [2.05, 4.69) is 36.7 Å². The fourth-order valence-electron chi connectivity index (χ4n) is 2.31. The Bertz CT molecular complexity index is 339. The van der Waals surface area contributed by atoms with Gasteiger partial charge < -0.3 is 9.64 Å². The molecule has 2 nitrogen and oxygen atoms in total. The van der Waals surface area contributed by atoms with Crippen molar-refractivity contribution in [3.63, 3.8) is 0 Å². The van der Waals surface area contributed by atoms with Gasteiger partial charge >= 0.3 is 0 Å². The van der Waals surface area contributed by atoms with Crippen LogP contribution < -0.4 is 9.64 Å². The molecule has 0 saturated carbocycles. The summed E-state index contributed by atoms with van der Waals surface area (Å²) in [6.07, 6.45) is 9.33. The Morgan fingerprint density at radius 1 is 0.900 bits per heavy atom. The second-order valence-corrected chi connectivity index (χ2v) is 5.77. The molecule has 0 radical (unpaired) electrons. The SMILES string of the molecule is COc1ccc(N(C)CCCCCCCCCS)cc1. The van der Waals surface area contributed by atoms with Crippen LogP contribution in [0.25, 0.3) is 0 Å². The first-order chi connectivity index (χ1) is 9.77. The molecule has 114 valence electrons. The van der Waals surface area contributed by atoms with E-state index in [-0.39, 0.29) is 0 Å². The first kappa shape index (κ1) is 17.2. The van der Waals surface area contributed by atoms with Gasteiger partial charge in [0.05, 0.1) is 7.11 Å². The van der Waals surface area contributed by atoms with Crippen molar-refractivity contribution in [3.05, 3.63) is 24.3 Å². The maximum Gasteiger partial charge on any atom is 0.119 e. The summed E-state index contributed by atoms with van der Waals surface area (Å²) in [6, 6.07) is 8.28. The van der Waals surface area contributed by atoms with E-state index in [0.29, 0.717) is 0 Å². The van der Waals surface area contributed by atoms with Crippen LogP contribution in [-0.2, 0) is 0 Å². The van der Waals surface area contributed by atoms with Gasteiger partial charge in [-0.2, -0.15) is 12.6 Å². The van der Waals surface area contributed by atoms with E-state index in [1.165, 1.54) is 50.6 Å². The van der Waals surface area contributed by atoms with Gasteiger partial charge in [-0.15, -0.1) is 0 Å². The fraction of sp³-hybridized carbons (Fsp3) is 0.647. The lowest BCUT2D eigenvalue weighted by Gasteiger charge is -2.19. The molecule has 0 N–H and O–H groups in total. The minimum Gasteiger partial charge on any atom is -0.497 e. The summed E-state index contributed by atoms with van der Waals surface area (Å²) in [7, 11) is 3.86. The van der Waals surface area contributed by atoms with Crippen molar-refractivity contribution in [3.8, 4) is 5.75 Å². The second-order valence-electron chi connectivity index (χ2n) is 5.32. The summed E-state index contributed by atoms with van der Waals surface area (Å²) in [6.45, 7) is 1.13. The molecule has 1 rings (SSSR count). The molecule has 0 saturated heterocycles. The first-order valence-electron chi connectivity index (χ1n) is 7.74. The third-order valence-corrected chi connectivity index (χ3v) is 3.98. The van der Waals surface area contributed by atoms with Crippen LogP contribution in [0.2, 0.25) is 0 Å². The summed E-state index contributed by atoms with van der Waals surface area (Å²) in [4.78, 5) is 2.32. The Kier molecular flexibility index (Phi) is 9.38. The maximum absolute atomic E-state index is 5.18. The van der Waals surface area contributed by atoms with Crippen molar-refractivity contribution in [1.82, 2.24) is 0 Å². The summed E-state index contributed by atoms with van der Waals surface area (Å²) >= 11 is 4.24. The monoisotopic (exact) mass is 295 g/mol. The zero-order valence-corrected chi connectivity index (χ0v) is 13.9. The lowest BCUT2D eigenvalue weighted by atomic mass is 10.1. The second kappa shape index (κ2) is 10.9. The van der Waals surface area contributed by atoms with Crippen LogP contribution in [0.4, 0.5) is 5.69 Å². The Morgan fingerprint density at radius 2 is 1.45 bits per heavy atom. The van der Waals surface area contributed by atoms with Gasteiger partial charge in [-0.05, 0) is 42.9 Å².